The zero-order chi connectivity index (χ0) is 9.61. The van der Waals surface area contributed by atoms with Crippen molar-refractivity contribution in [3.8, 4) is 0 Å². The molecular weight excluding hydrogens is 150 g/mol. The van der Waals surface area contributed by atoms with Gasteiger partial charge in [-0.2, -0.15) is 0 Å². The van der Waals surface area contributed by atoms with Gasteiger partial charge in [0.15, 0.2) is 0 Å². The van der Waals surface area contributed by atoms with E-state index in [0.29, 0.717) is 0 Å². The molecule has 0 aliphatic carbocycles. The zero-order valence-corrected chi connectivity index (χ0v) is 9.26. The van der Waals surface area contributed by atoms with Crippen molar-refractivity contribution in [3.63, 3.8) is 0 Å². The van der Waals surface area contributed by atoms with E-state index in [2.05, 4.69) is 35.0 Å². The van der Waals surface area contributed by atoms with Crippen molar-refractivity contribution in [2.75, 3.05) is 40.9 Å². The Kier molecular flexibility index (Phi) is 5.51. The first-order chi connectivity index (χ1) is 5.42. The predicted octanol–water partition coefficient (Wildman–Crippen LogP) is 1.76. The van der Waals surface area contributed by atoms with Gasteiger partial charge in [0, 0.05) is 6.61 Å². The smallest absolute Gasteiger partial charge is 0.102 e. The molecule has 0 N–H and O–H groups in total. The van der Waals surface area contributed by atoms with E-state index < -0.39 is 0 Å². The number of rotatable bonds is 6. The summed E-state index contributed by atoms with van der Waals surface area (Å²) in [5.41, 5.74) is 0. The van der Waals surface area contributed by atoms with Gasteiger partial charge in [0.1, 0.15) is 6.54 Å². The first-order valence-electron chi connectivity index (χ1n) is 4.80. The quantitative estimate of drug-likeness (QED) is 0.440. The van der Waals surface area contributed by atoms with Crippen molar-refractivity contribution in [2.45, 2.75) is 20.3 Å². The zero-order valence-electron chi connectivity index (χ0n) is 9.26. The van der Waals surface area contributed by atoms with Crippen molar-refractivity contribution >= 4 is 0 Å². The summed E-state index contributed by atoms with van der Waals surface area (Å²) in [5, 5.41) is 0. The van der Waals surface area contributed by atoms with Crippen molar-refractivity contribution in [1.82, 2.24) is 0 Å². The molecule has 74 valence electrons. The van der Waals surface area contributed by atoms with Gasteiger partial charge < -0.3 is 9.22 Å². The Balaban J connectivity index is 3.12. The Morgan fingerprint density at radius 3 is 2.08 bits per heavy atom. The van der Waals surface area contributed by atoms with Gasteiger partial charge in [-0.15, -0.1) is 0 Å². The lowest BCUT2D eigenvalue weighted by Crippen LogP contribution is -2.37. The van der Waals surface area contributed by atoms with Gasteiger partial charge in [0.05, 0.1) is 27.7 Å². The van der Waals surface area contributed by atoms with Crippen LogP contribution in [0, 0.1) is 5.92 Å². The van der Waals surface area contributed by atoms with Crippen molar-refractivity contribution in [2.24, 2.45) is 5.92 Å². The van der Waals surface area contributed by atoms with Gasteiger partial charge in [0.25, 0.3) is 0 Å². The van der Waals surface area contributed by atoms with Gasteiger partial charge in [-0.1, -0.05) is 13.8 Å². The molecular formula is C10H24NO+. The third-order valence-electron chi connectivity index (χ3n) is 1.75. The molecule has 0 radical (unpaired) electrons. The molecule has 0 atom stereocenters. The second-order valence-electron chi connectivity index (χ2n) is 4.81. The Hall–Kier alpha value is -0.0800. The molecule has 0 aromatic carbocycles. The molecule has 0 unspecified atom stereocenters. The van der Waals surface area contributed by atoms with Crippen LogP contribution in [-0.4, -0.2) is 45.4 Å². The summed E-state index contributed by atoms with van der Waals surface area (Å²) < 4.78 is 6.49. The summed E-state index contributed by atoms with van der Waals surface area (Å²) in [4.78, 5) is 0. The minimum atomic E-state index is 0.758. The van der Waals surface area contributed by atoms with E-state index in [9.17, 15) is 0 Å². The second-order valence-corrected chi connectivity index (χ2v) is 4.81. The molecule has 0 fully saturated rings. The number of nitrogens with zero attached hydrogens (tertiary/aromatic N) is 1. The van der Waals surface area contributed by atoms with Gasteiger partial charge in [-0.3, -0.25) is 0 Å². The Morgan fingerprint density at radius 1 is 1.08 bits per heavy atom. The molecule has 0 heterocycles. The van der Waals surface area contributed by atoms with Gasteiger partial charge in [-0.05, 0) is 12.3 Å². The van der Waals surface area contributed by atoms with Crippen LogP contribution < -0.4 is 0 Å². The highest BCUT2D eigenvalue weighted by atomic mass is 16.5. The van der Waals surface area contributed by atoms with Crippen LogP contribution in [0.2, 0.25) is 0 Å². The molecule has 0 aliphatic rings. The van der Waals surface area contributed by atoms with Crippen LogP contribution in [0.1, 0.15) is 20.3 Å². The molecule has 0 saturated heterocycles. The highest BCUT2D eigenvalue weighted by molar-refractivity contribution is 4.42. The number of hydrogen-bond acceptors (Lipinski definition) is 1. The first-order valence-corrected chi connectivity index (χ1v) is 4.80. The second kappa shape index (κ2) is 5.55. The van der Waals surface area contributed by atoms with Crippen LogP contribution in [0.15, 0.2) is 0 Å². The van der Waals surface area contributed by atoms with Crippen molar-refractivity contribution < 1.29 is 9.22 Å². The summed E-state index contributed by atoms with van der Waals surface area (Å²) in [6.07, 6.45) is 1.18. The summed E-state index contributed by atoms with van der Waals surface area (Å²) in [6.45, 7) is 7.35. The largest absolute Gasteiger partial charge is 0.376 e. The van der Waals surface area contributed by atoms with Crippen LogP contribution in [0.5, 0.6) is 0 Å². The van der Waals surface area contributed by atoms with Crippen molar-refractivity contribution in [3.05, 3.63) is 0 Å². The molecule has 0 aromatic heterocycles. The molecule has 12 heavy (non-hydrogen) atoms. The number of likely N-dealkylation sites (N-methyl/N-ethyl adjacent to an activating group) is 1. The molecule has 0 amide bonds. The maximum absolute atomic E-state index is 5.50. The molecule has 0 bridgehead atoms. The fourth-order valence-electron chi connectivity index (χ4n) is 0.760. The average Bonchev–Trinajstić information content (AvgIpc) is 1.83. The number of hydrogen-bond donors (Lipinski definition) is 0. The van der Waals surface area contributed by atoms with E-state index >= 15 is 0 Å². The van der Waals surface area contributed by atoms with Crippen LogP contribution in [-0.2, 0) is 4.74 Å². The van der Waals surface area contributed by atoms with Crippen LogP contribution >= 0.6 is 0 Å². The van der Waals surface area contributed by atoms with Crippen LogP contribution in [0.25, 0.3) is 0 Å². The van der Waals surface area contributed by atoms with E-state index in [1.54, 1.807) is 0 Å². The minimum Gasteiger partial charge on any atom is -0.376 e. The number of quaternary nitrogens is 1. The maximum atomic E-state index is 5.50. The van der Waals surface area contributed by atoms with Gasteiger partial charge >= 0.3 is 0 Å². The van der Waals surface area contributed by atoms with Gasteiger partial charge in [-0.25, -0.2) is 0 Å². The monoisotopic (exact) mass is 174 g/mol. The Morgan fingerprint density at radius 2 is 1.67 bits per heavy atom. The lowest BCUT2D eigenvalue weighted by Gasteiger charge is -2.23. The predicted molar refractivity (Wildman–Crippen MR) is 53.2 cm³/mol. The molecule has 0 aromatic rings. The highest BCUT2D eigenvalue weighted by Crippen LogP contribution is 1.99. The Bertz CT molecular complexity index is 105. The molecule has 0 rings (SSSR count). The summed E-state index contributed by atoms with van der Waals surface area (Å²) in [7, 11) is 6.56. The lowest BCUT2D eigenvalue weighted by atomic mass is 10.1. The van der Waals surface area contributed by atoms with E-state index in [0.717, 1.165) is 30.2 Å². The molecule has 2 nitrogen and oxygen atoms in total. The summed E-state index contributed by atoms with van der Waals surface area (Å²) in [5.74, 6) is 0.758. The molecule has 0 aliphatic heterocycles. The fourth-order valence-corrected chi connectivity index (χ4v) is 0.760. The lowest BCUT2D eigenvalue weighted by molar-refractivity contribution is -0.870. The molecule has 0 saturated carbocycles. The van der Waals surface area contributed by atoms with E-state index in [1.807, 2.05) is 0 Å². The van der Waals surface area contributed by atoms with E-state index in [-0.39, 0.29) is 0 Å². The maximum Gasteiger partial charge on any atom is 0.102 e. The van der Waals surface area contributed by atoms with Crippen molar-refractivity contribution in [1.29, 1.82) is 0 Å². The summed E-state index contributed by atoms with van der Waals surface area (Å²) >= 11 is 0. The fraction of sp³-hybridized carbons (Fsp3) is 1.00. The standard InChI is InChI=1S/C10H24NO/c1-10(2)6-8-12-9-7-11(3,4)5/h10H,6-9H2,1-5H3/q+1. The first kappa shape index (κ1) is 11.9. The topological polar surface area (TPSA) is 9.23 Å². The van der Waals surface area contributed by atoms with E-state index in [4.69, 9.17) is 4.74 Å². The van der Waals surface area contributed by atoms with Gasteiger partial charge in [0.2, 0.25) is 0 Å². The SMILES string of the molecule is CC(C)CCOCC[N+](C)(C)C. The van der Waals surface area contributed by atoms with E-state index in [1.165, 1.54) is 6.42 Å². The third kappa shape index (κ3) is 9.92. The van der Waals surface area contributed by atoms with Crippen LogP contribution in [0.4, 0.5) is 0 Å². The molecule has 0 spiro atoms. The normalized spacial score (nSPS) is 12.5. The third-order valence-corrected chi connectivity index (χ3v) is 1.75. The summed E-state index contributed by atoms with van der Waals surface area (Å²) in [6, 6.07) is 0. The average molecular weight is 174 g/mol. The minimum absolute atomic E-state index is 0.758. The highest BCUT2D eigenvalue weighted by Gasteiger charge is 2.05. The van der Waals surface area contributed by atoms with Crippen LogP contribution in [0.3, 0.4) is 0 Å². The molecule has 2 heteroatoms. The Labute approximate surface area is 77.1 Å². The number of ether oxygens (including phenoxy) is 1.